The highest BCUT2D eigenvalue weighted by Gasteiger charge is 2.50. The maximum absolute atomic E-state index is 13.7. The van der Waals surface area contributed by atoms with E-state index in [0.29, 0.717) is 11.1 Å². The lowest BCUT2D eigenvalue weighted by molar-refractivity contribution is -0.112. The van der Waals surface area contributed by atoms with Crippen molar-refractivity contribution in [2.45, 2.75) is 112 Å². The molecule has 2 aliphatic heterocycles. The van der Waals surface area contributed by atoms with E-state index in [4.69, 9.17) is 0 Å². The molecule has 0 saturated carbocycles. The van der Waals surface area contributed by atoms with Crippen molar-refractivity contribution in [2.75, 3.05) is 0 Å². The molecule has 0 radical (unpaired) electrons. The molecule has 0 spiro atoms. The third kappa shape index (κ3) is 5.92. The molecule has 0 aromatic carbocycles. The number of carbonyl (C=O) groups excluding carboxylic acids is 3. The Hall–Kier alpha value is -2.13. The number of allylic oxidation sites excluding steroid dienone is 1. The largest absolute Gasteiger partial charge is 0.295 e. The Morgan fingerprint density at radius 3 is 1.95 bits per heavy atom. The topological polar surface area (TPSA) is 54.5 Å². The van der Waals surface area contributed by atoms with Gasteiger partial charge in [-0.1, -0.05) is 79.1 Å². The first-order valence-electron chi connectivity index (χ1n) is 16.6. The predicted octanol–water partition coefficient (Wildman–Crippen LogP) is 9.83. The number of carbonyl (C=O) groups is 3. The van der Waals surface area contributed by atoms with Gasteiger partial charge in [0, 0.05) is 30.6 Å². The van der Waals surface area contributed by atoms with Crippen molar-refractivity contribution in [2.24, 2.45) is 11.8 Å². The van der Waals surface area contributed by atoms with Crippen molar-refractivity contribution in [3.05, 3.63) is 45.3 Å². The van der Waals surface area contributed by atoms with Crippen LogP contribution in [0.2, 0.25) is 12.1 Å². The lowest BCUT2D eigenvalue weighted by Crippen LogP contribution is -2.56. The molecule has 0 bridgehead atoms. The van der Waals surface area contributed by atoms with Crippen LogP contribution in [0.25, 0.3) is 19.5 Å². The van der Waals surface area contributed by atoms with Gasteiger partial charge in [0.1, 0.15) is 8.07 Å². The zero-order chi connectivity index (χ0) is 31.8. The fourth-order valence-electron chi connectivity index (χ4n) is 7.43. The monoisotopic (exact) mass is 665 g/mol. The number of unbranched alkanes of at least 4 members (excludes halogenated alkanes) is 2. The molecule has 0 fully saturated rings. The van der Waals surface area contributed by atoms with Gasteiger partial charge in [-0.25, -0.2) is 4.90 Å². The highest BCUT2D eigenvalue weighted by molar-refractivity contribution is 7.32. The normalized spacial score (nSPS) is 18.8. The first kappa shape index (κ1) is 33.2. The Kier molecular flexibility index (Phi) is 10.3. The molecule has 5 heterocycles. The summed E-state index contributed by atoms with van der Waals surface area (Å²) < 4.78 is 0. The van der Waals surface area contributed by atoms with Crippen molar-refractivity contribution in [1.29, 1.82) is 0 Å². The van der Waals surface area contributed by atoms with Gasteiger partial charge in [-0.15, -0.1) is 34.0 Å². The van der Waals surface area contributed by atoms with Gasteiger partial charge in [0.25, 0.3) is 11.8 Å². The van der Waals surface area contributed by atoms with E-state index >= 15 is 0 Å². The van der Waals surface area contributed by atoms with Crippen molar-refractivity contribution in [3.63, 3.8) is 0 Å². The number of amides is 2. The number of fused-ring (bicyclic) bond motifs is 4. The lowest BCUT2D eigenvalue weighted by atomic mass is 10.0. The van der Waals surface area contributed by atoms with Crippen LogP contribution in [0.4, 0.5) is 0 Å². The van der Waals surface area contributed by atoms with Gasteiger partial charge in [0.2, 0.25) is 0 Å². The second kappa shape index (κ2) is 13.7. The smallest absolute Gasteiger partial charge is 0.267 e. The summed E-state index contributed by atoms with van der Waals surface area (Å²) in [5.74, 6) is 0.615. The van der Waals surface area contributed by atoms with E-state index in [9.17, 15) is 14.4 Å². The molecular weight excluding hydrogens is 619 g/mol. The summed E-state index contributed by atoms with van der Waals surface area (Å²) in [6.07, 6.45) is 12.8. The lowest BCUT2D eigenvalue weighted by Gasteiger charge is -2.35. The maximum Gasteiger partial charge on any atom is 0.267 e. The van der Waals surface area contributed by atoms with Gasteiger partial charge in [-0.05, 0) is 73.3 Å². The van der Waals surface area contributed by atoms with Crippen LogP contribution in [-0.2, 0) is 4.79 Å². The van der Waals surface area contributed by atoms with Crippen molar-refractivity contribution in [1.82, 2.24) is 4.90 Å². The molecule has 2 unspecified atom stereocenters. The summed E-state index contributed by atoms with van der Waals surface area (Å²) in [5.41, 5.74) is 1.02. The van der Waals surface area contributed by atoms with Gasteiger partial charge in [-0.2, -0.15) is 0 Å². The minimum absolute atomic E-state index is 0.191. The van der Waals surface area contributed by atoms with Crippen molar-refractivity contribution >= 4 is 70.1 Å². The molecule has 0 saturated heterocycles. The van der Waals surface area contributed by atoms with E-state index in [1.807, 2.05) is 29.6 Å². The summed E-state index contributed by atoms with van der Waals surface area (Å²) in [4.78, 5) is 47.0. The highest BCUT2D eigenvalue weighted by atomic mass is 32.1. The third-order valence-electron chi connectivity index (χ3n) is 9.82. The van der Waals surface area contributed by atoms with E-state index in [1.165, 1.54) is 97.3 Å². The standard InChI is InChI=1S/C36H47NO3S3Si/c1-8-12-14-25(10-3)20-44(21-26(11-4)15-13-9-2)28-18-23(6)41-33(28)34-29(44)19-27(43-34)32-31-30(24(7)42-32)35(39)37(36(31)40)17-16-22(5)38/h16-19,25-26H,8-15,20-21H2,1-7H3/b17-16+. The van der Waals surface area contributed by atoms with Crippen LogP contribution in [0.1, 0.15) is 116 Å². The molecule has 5 rings (SSSR count). The summed E-state index contributed by atoms with van der Waals surface area (Å²) in [6.45, 7) is 15.0. The van der Waals surface area contributed by atoms with Crippen molar-refractivity contribution < 1.29 is 14.4 Å². The van der Waals surface area contributed by atoms with E-state index in [1.54, 1.807) is 21.7 Å². The molecule has 236 valence electrons. The average molecular weight is 666 g/mol. The number of nitrogens with zero attached hydrogens (tertiary/aromatic N) is 1. The molecule has 44 heavy (non-hydrogen) atoms. The molecule has 0 aliphatic carbocycles. The number of aryl methyl sites for hydroxylation is 2. The molecule has 0 N–H and O–H groups in total. The highest BCUT2D eigenvalue weighted by Crippen LogP contribution is 2.50. The summed E-state index contributed by atoms with van der Waals surface area (Å²) in [5, 5.41) is 3.27. The zero-order valence-corrected chi connectivity index (χ0v) is 30.9. The van der Waals surface area contributed by atoms with Crippen LogP contribution in [0.5, 0.6) is 0 Å². The summed E-state index contributed by atoms with van der Waals surface area (Å²) in [6, 6.07) is 7.62. The fraction of sp³-hybridized carbons (Fsp3) is 0.528. The summed E-state index contributed by atoms with van der Waals surface area (Å²) >= 11 is 5.37. The molecule has 4 nitrogen and oxygen atoms in total. The number of imide groups is 1. The summed E-state index contributed by atoms with van der Waals surface area (Å²) in [7, 11) is -2.11. The first-order chi connectivity index (χ1) is 21.1. The molecule has 2 atom stereocenters. The van der Waals surface area contributed by atoms with Crippen LogP contribution >= 0.6 is 34.0 Å². The van der Waals surface area contributed by atoms with Gasteiger partial charge in [0.05, 0.1) is 16.0 Å². The fourth-order valence-corrected chi connectivity index (χ4v) is 19.0. The van der Waals surface area contributed by atoms with E-state index in [-0.39, 0.29) is 17.6 Å². The molecular formula is C36H47NO3S3Si. The van der Waals surface area contributed by atoms with Crippen LogP contribution in [-0.4, -0.2) is 30.6 Å². The Morgan fingerprint density at radius 2 is 1.39 bits per heavy atom. The molecule has 2 aliphatic rings. The Morgan fingerprint density at radius 1 is 0.818 bits per heavy atom. The number of ketones is 1. The number of hydrogen-bond acceptors (Lipinski definition) is 6. The quantitative estimate of drug-likeness (QED) is 0.0923. The third-order valence-corrected chi connectivity index (χ3v) is 19.2. The van der Waals surface area contributed by atoms with Gasteiger partial charge in [-0.3, -0.25) is 14.4 Å². The van der Waals surface area contributed by atoms with E-state index in [0.717, 1.165) is 31.4 Å². The Bertz CT molecular complexity index is 1570. The van der Waals surface area contributed by atoms with Crippen LogP contribution in [0, 0.1) is 25.7 Å². The average Bonchev–Trinajstić information content (AvgIpc) is 3.77. The number of hydrogen-bond donors (Lipinski definition) is 0. The Labute approximate surface area is 276 Å². The van der Waals surface area contributed by atoms with Crippen molar-refractivity contribution in [3.8, 4) is 19.5 Å². The molecule has 3 aromatic heterocycles. The SMILES string of the molecule is CCCCC(CC)C[Si]1(CC(CC)CCCC)c2cc(C)sc2-c2sc(-c3sc(C)c4c3C(=O)N(/C=C/C(C)=O)C4=O)cc21. The number of thiophene rings is 3. The second-order valence-corrected chi connectivity index (χ2v) is 20.5. The van der Waals surface area contributed by atoms with Gasteiger partial charge in [0.15, 0.2) is 5.78 Å². The van der Waals surface area contributed by atoms with Crippen LogP contribution in [0.3, 0.4) is 0 Å². The van der Waals surface area contributed by atoms with Crippen LogP contribution in [0.15, 0.2) is 24.4 Å². The molecule has 2 amide bonds. The van der Waals surface area contributed by atoms with Crippen LogP contribution < -0.4 is 10.4 Å². The van der Waals surface area contributed by atoms with Gasteiger partial charge >= 0.3 is 0 Å². The molecule has 8 heteroatoms. The minimum atomic E-state index is -2.11. The van der Waals surface area contributed by atoms with E-state index in [2.05, 4.69) is 46.8 Å². The Balaban J connectivity index is 1.66. The zero-order valence-electron chi connectivity index (χ0n) is 27.4. The number of rotatable bonds is 15. The predicted molar refractivity (Wildman–Crippen MR) is 192 cm³/mol. The van der Waals surface area contributed by atoms with Gasteiger partial charge < -0.3 is 0 Å². The first-order valence-corrected chi connectivity index (χ1v) is 21.4. The minimum Gasteiger partial charge on any atom is -0.295 e. The van der Waals surface area contributed by atoms with E-state index < -0.39 is 8.07 Å². The molecule has 3 aromatic rings. The maximum atomic E-state index is 13.7. The second-order valence-electron chi connectivity index (χ2n) is 12.9.